The van der Waals surface area contributed by atoms with Crippen molar-refractivity contribution < 1.29 is 0 Å². The first-order chi connectivity index (χ1) is 8.70. The molecule has 0 aromatic rings. The predicted octanol–water partition coefficient (Wildman–Crippen LogP) is 3.28. The quantitative estimate of drug-likeness (QED) is 0.826. The molecule has 2 nitrogen and oxygen atoms in total. The number of rotatable bonds is 4. The summed E-state index contributed by atoms with van der Waals surface area (Å²) >= 11 is 0. The van der Waals surface area contributed by atoms with Crippen LogP contribution in [0.5, 0.6) is 0 Å². The van der Waals surface area contributed by atoms with Crippen LogP contribution in [0.4, 0.5) is 0 Å². The van der Waals surface area contributed by atoms with Gasteiger partial charge in [-0.2, -0.15) is 0 Å². The van der Waals surface area contributed by atoms with Crippen LogP contribution in [0.3, 0.4) is 0 Å². The van der Waals surface area contributed by atoms with E-state index >= 15 is 0 Å². The molecule has 2 rings (SSSR count). The summed E-state index contributed by atoms with van der Waals surface area (Å²) in [6, 6.07) is 1.62. The molecule has 0 spiro atoms. The Morgan fingerprint density at radius 3 is 2.72 bits per heavy atom. The van der Waals surface area contributed by atoms with E-state index in [0.717, 1.165) is 23.9 Å². The summed E-state index contributed by atoms with van der Waals surface area (Å²) in [5.41, 5.74) is 0. The molecule has 0 amide bonds. The predicted molar refractivity (Wildman–Crippen MR) is 78.9 cm³/mol. The molecule has 0 aromatic heterocycles. The number of hydrogen-bond acceptors (Lipinski definition) is 2. The van der Waals surface area contributed by atoms with Crippen molar-refractivity contribution in [2.45, 2.75) is 71.4 Å². The van der Waals surface area contributed by atoms with Crippen LogP contribution >= 0.6 is 0 Å². The normalized spacial score (nSPS) is 35.0. The maximum Gasteiger partial charge on any atom is 0.0198 e. The molecule has 3 atom stereocenters. The highest BCUT2D eigenvalue weighted by Gasteiger charge is 2.31. The van der Waals surface area contributed by atoms with E-state index in [1.165, 1.54) is 58.2 Å². The second kappa shape index (κ2) is 6.91. The molecular formula is C16H32N2. The van der Waals surface area contributed by atoms with Gasteiger partial charge in [0.05, 0.1) is 0 Å². The smallest absolute Gasteiger partial charge is 0.0198 e. The van der Waals surface area contributed by atoms with Gasteiger partial charge in [0.1, 0.15) is 0 Å². The first kappa shape index (κ1) is 14.3. The van der Waals surface area contributed by atoms with Gasteiger partial charge in [0.15, 0.2) is 0 Å². The van der Waals surface area contributed by atoms with Crippen LogP contribution in [0.2, 0.25) is 0 Å². The molecule has 1 N–H and O–H groups in total. The molecule has 3 unspecified atom stereocenters. The van der Waals surface area contributed by atoms with E-state index < -0.39 is 0 Å². The minimum atomic E-state index is 0.734. The van der Waals surface area contributed by atoms with Crippen LogP contribution in [0.1, 0.15) is 59.3 Å². The topological polar surface area (TPSA) is 15.3 Å². The van der Waals surface area contributed by atoms with Crippen LogP contribution in [-0.4, -0.2) is 36.6 Å². The Kier molecular flexibility index (Phi) is 5.50. The second-order valence-electron chi connectivity index (χ2n) is 6.80. The van der Waals surface area contributed by atoms with Crippen molar-refractivity contribution >= 4 is 0 Å². The van der Waals surface area contributed by atoms with Crippen molar-refractivity contribution in [2.75, 3.05) is 19.6 Å². The summed E-state index contributed by atoms with van der Waals surface area (Å²) in [5.74, 6) is 1.78. The summed E-state index contributed by atoms with van der Waals surface area (Å²) in [6.45, 7) is 10.8. The molecule has 0 radical (unpaired) electrons. The van der Waals surface area contributed by atoms with E-state index in [1.807, 2.05) is 0 Å². The lowest BCUT2D eigenvalue weighted by molar-refractivity contribution is 0.0688. The Morgan fingerprint density at radius 2 is 2.00 bits per heavy atom. The van der Waals surface area contributed by atoms with E-state index in [2.05, 4.69) is 31.0 Å². The minimum Gasteiger partial charge on any atom is -0.311 e. The Bertz CT molecular complexity index is 239. The third-order valence-electron chi connectivity index (χ3n) is 4.91. The van der Waals surface area contributed by atoms with Gasteiger partial charge >= 0.3 is 0 Å². The van der Waals surface area contributed by atoms with Crippen LogP contribution in [0, 0.1) is 11.8 Å². The van der Waals surface area contributed by atoms with Crippen molar-refractivity contribution in [1.29, 1.82) is 0 Å². The lowest BCUT2D eigenvalue weighted by atomic mass is 9.81. The number of hydrogen-bond donors (Lipinski definition) is 1. The molecule has 0 bridgehead atoms. The van der Waals surface area contributed by atoms with Gasteiger partial charge in [0, 0.05) is 31.7 Å². The van der Waals surface area contributed by atoms with Crippen molar-refractivity contribution in [3.63, 3.8) is 0 Å². The third kappa shape index (κ3) is 3.71. The van der Waals surface area contributed by atoms with Gasteiger partial charge in [-0.25, -0.2) is 0 Å². The molecule has 1 saturated heterocycles. The van der Waals surface area contributed by atoms with Crippen molar-refractivity contribution in [3.8, 4) is 0 Å². The fourth-order valence-corrected chi connectivity index (χ4v) is 4.02. The molecule has 2 fully saturated rings. The molecule has 18 heavy (non-hydrogen) atoms. The van der Waals surface area contributed by atoms with Gasteiger partial charge in [0.2, 0.25) is 0 Å². The average molecular weight is 252 g/mol. The van der Waals surface area contributed by atoms with E-state index in [9.17, 15) is 0 Å². The van der Waals surface area contributed by atoms with Crippen LogP contribution in [0.15, 0.2) is 0 Å². The number of nitrogens with one attached hydrogen (secondary N) is 1. The summed E-state index contributed by atoms with van der Waals surface area (Å²) in [4.78, 5) is 2.82. The first-order valence-corrected chi connectivity index (χ1v) is 8.18. The highest BCUT2D eigenvalue weighted by Crippen LogP contribution is 2.31. The molecule has 1 aliphatic heterocycles. The lowest BCUT2D eigenvalue weighted by Crippen LogP contribution is -2.56. The van der Waals surface area contributed by atoms with E-state index in [1.54, 1.807) is 0 Å². The van der Waals surface area contributed by atoms with Crippen molar-refractivity contribution in [3.05, 3.63) is 0 Å². The molecule has 1 saturated carbocycles. The monoisotopic (exact) mass is 252 g/mol. The zero-order valence-electron chi connectivity index (χ0n) is 12.6. The fourth-order valence-electron chi connectivity index (χ4n) is 4.02. The number of nitrogens with zero attached hydrogens (tertiary/aromatic N) is 1. The zero-order valence-corrected chi connectivity index (χ0v) is 12.6. The Labute approximate surface area is 114 Å². The van der Waals surface area contributed by atoms with Gasteiger partial charge in [-0.1, -0.05) is 40.0 Å². The Morgan fingerprint density at radius 1 is 1.22 bits per heavy atom. The largest absolute Gasteiger partial charge is 0.311 e. The summed E-state index contributed by atoms with van der Waals surface area (Å²) in [6.07, 6.45) is 8.56. The third-order valence-corrected chi connectivity index (χ3v) is 4.91. The molecule has 106 valence electrons. The van der Waals surface area contributed by atoms with E-state index in [-0.39, 0.29) is 0 Å². The molecule has 1 aliphatic carbocycles. The number of piperazine rings is 1. The maximum absolute atomic E-state index is 3.71. The van der Waals surface area contributed by atoms with Crippen LogP contribution in [-0.2, 0) is 0 Å². The minimum absolute atomic E-state index is 0.734. The molecule has 2 heteroatoms. The van der Waals surface area contributed by atoms with Crippen LogP contribution < -0.4 is 5.32 Å². The highest BCUT2D eigenvalue weighted by atomic mass is 15.2. The summed E-state index contributed by atoms with van der Waals surface area (Å²) in [7, 11) is 0. The maximum atomic E-state index is 3.71. The van der Waals surface area contributed by atoms with Crippen LogP contribution in [0.25, 0.3) is 0 Å². The highest BCUT2D eigenvalue weighted by molar-refractivity contribution is 4.88. The van der Waals surface area contributed by atoms with E-state index in [0.29, 0.717) is 0 Å². The fraction of sp³-hybridized carbons (Fsp3) is 1.00. The van der Waals surface area contributed by atoms with Gasteiger partial charge in [-0.05, 0) is 31.1 Å². The van der Waals surface area contributed by atoms with Gasteiger partial charge < -0.3 is 5.32 Å². The van der Waals surface area contributed by atoms with Gasteiger partial charge in [0.25, 0.3) is 0 Å². The van der Waals surface area contributed by atoms with Gasteiger partial charge in [-0.15, -0.1) is 0 Å². The standard InChI is InChI=1S/C16H32N2/c1-4-14-7-5-6-8-16(14)18-10-9-17-15(12-18)11-13(2)3/h13-17H,4-12H2,1-3H3. The summed E-state index contributed by atoms with van der Waals surface area (Å²) in [5, 5.41) is 3.71. The molecule has 0 aromatic carbocycles. The van der Waals surface area contributed by atoms with Gasteiger partial charge in [-0.3, -0.25) is 4.90 Å². The van der Waals surface area contributed by atoms with Crippen molar-refractivity contribution in [1.82, 2.24) is 10.2 Å². The van der Waals surface area contributed by atoms with E-state index in [4.69, 9.17) is 0 Å². The SMILES string of the molecule is CCC1CCCCC1N1CCNC(CC(C)C)C1. The molecular weight excluding hydrogens is 220 g/mol. The zero-order chi connectivity index (χ0) is 13.0. The van der Waals surface area contributed by atoms with Crippen molar-refractivity contribution in [2.24, 2.45) is 11.8 Å². The Balaban J connectivity index is 1.90. The summed E-state index contributed by atoms with van der Waals surface area (Å²) < 4.78 is 0. The molecule has 1 heterocycles. The lowest BCUT2D eigenvalue weighted by Gasteiger charge is -2.44. The average Bonchev–Trinajstić information content (AvgIpc) is 2.38. The molecule has 2 aliphatic rings. The Hall–Kier alpha value is -0.0800. The second-order valence-corrected chi connectivity index (χ2v) is 6.80. The first-order valence-electron chi connectivity index (χ1n) is 8.18.